The number of aliphatic hydroxyl groups excluding tert-OH is 3. The van der Waals surface area contributed by atoms with Crippen LogP contribution in [0.5, 0.6) is 11.5 Å². The zero-order valence-electron chi connectivity index (χ0n) is 31.2. The molecule has 2 aliphatic carbocycles. The normalized spacial score (nSPS) is 25.7. The molecular weight excluding hydrogens is 668 g/mol. The summed E-state index contributed by atoms with van der Waals surface area (Å²) in [5.41, 5.74) is 1.77. The number of amides is 1. The summed E-state index contributed by atoms with van der Waals surface area (Å²) in [6.07, 6.45) is 10.2. The maximum atomic E-state index is 14.1. The number of ether oxygens (including phenoxy) is 4. The standard InChI is InChI=1S/C40H60N2O10/c1-6-8-22-49-38(47)42(17-23-48-24-20-45)35-27-33(41-52-39(3,4)5)31-25-28(13-9-11-18-43)30(14-10-12-19-44)36-32-26-29(46)15-16-34(32)51-40(35,37(31)36)50-21-7-2/h6-7,15-16,25-26,28,30,35-37,43-46H,1-2,8-14,17-24,27H2,3-5H3. The number of aromatic hydroxyl groups is 1. The Morgan fingerprint density at radius 3 is 2.46 bits per heavy atom. The van der Waals surface area contributed by atoms with Gasteiger partial charge < -0.3 is 44.2 Å². The van der Waals surface area contributed by atoms with Crippen molar-refractivity contribution in [3.63, 3.8) is 0 Å². The molecule has 1 aliphatic heterocycles. The van der Waals surface area contributed by atoms with Gasteiger partial charge in [-0.3, -0.25) is 4.90 Å². The van der Waals surface area contributed by atoms with E-state index in [9.17, 15) is 25.2 Å². The summed E-state index contributed by atoms with van der Waals surface area (Å²) in [7, 11) is 0. The van der Waals surface area contributed by atoms with Crippen molar-refractivity contribution in [3.05, 3.63) is 60.7 Å². The van der Waals surface area contributed by atoms with Crippen LogP contribution in [0.2, 0.25) is 0 Å². The molecule has 3 aliphatic rings. The van der Waals surface area contributed by atoms with Gasteiger partial charge in [-0.05, 0) is 88.5 Å². The molecule has 0 bridgehead atoms. The fourth-order valence-corrected chi connectivity index (χ4v) is 7.87. The first-order valence-corrected chi connectivity index (χ1v) is 18.7. The van der Waals surface area contributed by atoms with Crippen molar-refractivity contribution < 1.29 is 49.0 Å². The van der Waals surface area contributed by atoms with Gasteiger partial charge in [0, 0.05) is 37.7 Å². The van der Waals surface area contributed by atoms with Gasteiger partial charge in [-0.15, -0.1) is 13.2 Å². The van der Waals surface area contributed by atoms with Crippen LogP contribution < -0.4 is 4.74 Å². The second-order valence-electron chi connectivity index (χ2n) is 14.7. The number of benzene rings is 1. The second kappa shape index (κ2) is 19.6. The Labute approximate surface area is 308 Å². The van der Waals surface area contributed by atoms with E-state index in [1.54, 1.807) is 35.3 Å². The van der Waals surface area contributed by atoms with Gasteiger partial charge in [0.05, 0.1) is 44.7 Å². The van der Waals surface area contributed by atoms with Gasteiger partial charge in [0.25, 0.3) is 0 Å². The van der Waals surface area contributed by atoms with E-state index in [0.29, 0.717) is 30.7 Å². The molecule has 1 aromatic rings. The summed E-state index contributed by atoms with van der Waals surface area (Å²) < 4.78 is 25.4. The lowest BCUT2D eigenvalue weighted by Gasteiger charge is -2.59. The Hall–Kier alpha value is -3.42. The number of hydrogen-bond donors (Lipinski definition) is 4. The quantitative estimate of drug-likeness (QED) is 0.0688. The van der Waals surface area contributed by atoms with Crippen molar-refractivity contribution in [2.24, 2.45) is 22.9 Å². The lowest BCUT2D eigenvalue weighted by molar-refractivity contribution is -0.256. The summed E-state index contributed by atoms with van der Waals surface area (Å²) in [4.78, 5) is 21.8. The van der Waals surface area contributed by atoms with Crippen LogP contribution in [0.25, 0.3) is 0 Å². The molecule has 0 aromatic heterocycles. The Balaban J connectivity index is 2.01. The number of rotatable bonds is 21. The summed E-state index contributed by atoms with van der Waals surface area (Å²) in [5, 5.41) is 44.6. The smallest absolute Gasteiger partial charge is 0.410 e. The van der Waals surface area contributed by atoms with Crippen LogP contribution in [0.15, 0.2) is 60.3 Å². The molecule has 1 amide bonds. The van der Waals surface area contributed by atoms with Crippen LogP contribution >= 0.6 is 0 Å². The van der Waals surface area contributed by atoms with E-state index in [1.807, 2.05) is 20.8 Å². The predicted molar refractivity (Wildman–Crippen MR) is 198 cm³/mol. The van der Waals surface area contributed by atoms with Crippen molar-refractivity contribution in [3.8, 4) is 11.5 Å². The zero-order valence-corrected chi connectivity index (χ0v) is 31.2. The first kappa shape index (κ1) is 41.3. The van der Waals surface area contributed by atoms with Gasteiger partial charge in [0.2, 0.25) is 5.79 Å². The number of unbranched alkanes of at least 4 members (excludes halogenated alkanes) is 2. The summed E-state index contributed by atoms with van der Waals surface area (Å²) >= 11 is 0. The SMILES string of the molecule is C=CCCOC(=O)N(CCOCCO)C1CC(=NOC(C)(C)C)C2=CC(CCCCO)C(CCCCO)C3c4cc(O)ccc4OC1(OCC=C)C23. The Morgan fingerprint density at radius 1 is 1.04 bits per heavy atom. The first-order valence-electron chi connectivity index (χ1n) is 18.7. The molecule has 52 heavy (non-hydrogen) atoms. The molecule has 290 valence electrons. The van der Waals surface area contributed by atoms with Crippen LogP contribution in [0.4, 0.5) is 4.79 Å². The van der Waals surface area contributed by atoms with Crippen LogP contribution in [-0.2, 0) is 19.0 Å². The number of carbonyl (C=O) groups excluding carboxylic acids is 1. The van der Waals surface area contributed by atoms with Crippen molar-refractivity contribution in [2.45, 2.75) is 95.5 Å². The fourth-order valence-electron chi connectivity index (χ4n) is 7.87. The highest BCUT2D eigenvalue weighted by atomic mass is 16.7. The first-order chi connectivity index (χ1) is 25.0. The Morgan fingerprint density at radius 2 is 1.79 bits per heavy atom. The number of oxime groups is 1. The van der Waals surface area contributed by atoms with E-state index in [2.05, 4.69) is 19.2 Å². The van der Waals surface area contributed by atoms with Gasteiger partial charge in [0.15, 0.2) is 0 Å². The maximum Gasteiger partial charge on any atom is 0.410 e. The van der Waals surface area contributed by atoms with Crippen molar-refractivity contribution in [2.75, 3.05) is 52.8 Å². The molecule has 4 N–H and O–H groups in total. The van der Waals surface area contributed by atoms with E-state index >= 15 is 0 Å². The number of nitrogens with zero attached hydrogens (tertiary/aromatic N) is 2. The summed E-state index contributed by atoms with van der Waals surface area (Å²) in [5.74, 6) is -1.50. The third-order valence-corrected chi connectivity index (χ3v) is 9.96. The molecule has 6 unspecified atom stereocenters. The largest absolute Gasteiger partial charge is 0.508 e. The summed E-state index contributed by atoms with van der Waals surface area (Å²) in [6.45, 7) is 14.1. The lowest BCUT2D eigenvalue weighted by Crippen LogP contribution is -2.70. The van der Waals surface area contributed by atoms with Gasteiger partial charge in [-0.1, -0.05) is 36.2 Å². The molecule has 1 saturated carbocycles. The van der Waals surface area contributed by atoms with E-state index in [1.165, 1.54) is 0 Å². The molecule has 1 heterocycles. The van der Waals surface area contributed by atoms with Crippen LogP contribution in [0.1, 0.15) is 83.6 Å². The number of carbonyl (C=O) groups is 1. The number of allylic oxidation sites excluding steroid dienone is 1. The number of phenols is 1. The molecule has 12 heteroatoms. The van der Waals surface area contributed by atoms with E-state index < -0.39 is 29.4 Å². The zero-order chi connectivity index (χ0) is 37.7. The predicted octanol–water partition coefficient (Wildman–Crippen LogP) is 5.85. The highest BCUT2D eigenvalue weighted by molar-refractivity contribution is 6.03. The molecule has 12 nitrogen and oxygen atoms in total. The second-order valence-corrected chi connectivity index (χ2v) is 14.7. The number of phenolic OH excluding ortho intramolecular Hbond substituents is 1. The van der Waals surface area contributed by atoms with Crippen LogP contribution in [0, 0.1) is 17.8 Å². The molecule has 6 atom stereocenters. The molecule has 0 radical (unpaired) electrons. The van der Waals surface area contributed by atoms with Gasteiger partial charge in [0.1, 0.15) is 23.1 Å². The fraction of sp³-hybridized carbons (Fsp3) is 0.650. The van der Waals surface area contributed by atoms with E-state index in [0.717, 1.165) is 36.8 Å². The number of fused-ring (bicyclic) bond motifs is 2. The Kier molecular flexibility index (Phi) is 15.6. The minimum absolute atomic E-state index is 0.0274. The van der Waals surface area contributed by atoms with Gasteiger partial charge >= 0.3 is 6.09 Å². The highest BCUT2D eigenvalue weighted by Gasteiger charge is 2.65. The maximum absolute atomic E-state index is 14.1. The summed E-state index contributed by atoms with van der Waals surface area (Å²) in [6, 6.07) is 4.31. The minimum Gasteiger partial charge on any atom is -0.508 e. The van der Waals surface area contributed by atoms with E-state index in [4.69, 9.17) is 28.9 Å². The van der Waals surface area contributed by atoms with Crippen molar-refractivity contribution in [1.29, 1.82) is 0 Å². The highest BCUT2D eigenvalue weighted by Crippen LogP contribution is 2.61. The van der Waals surface area contributed by atoms with Gasteiger partial charge in [-0.2, -0.15) is 0 Å². The number of hydrogen-bond acceptors (Lipinski definition) is 11. The lowest BCUT2D eigenvalue weighted by atomic mass is 9.55. The molecule has 0 spiro atoms. The average Bonchev–Trinajstić information content (AvgIpc) is 3.11. The third kappa shape index (κ3) is 9.96. The third-order valence-electron chi connectivity index (χ3n) is 9.96. The molecule has 1 aromatic carbocycles. The minimum atomic E-state index is -1.46. The molecule has 0 saturated heterocycles. The average molecular weight is 729 g/mol. The molecular formula is C40H60N2O10. The monoisotopic (exact) mass is 728 g/mol. The van der Waals surface area contributed by atoms with Crippen molar-refractivity contribution in [1.82, 2.24) is 4.90 Å². The molecule has 4 rings (SSSR count). The van der Waals surface area contributed by atoms with E-state index in [-0.39, 0.29) is 82.7 Å². The van der Waals surface area contributed by atoms with Gasteiger partial charge in [-0.25, -0.2) is 4.79 Å². The topological polar surface area (TPSA) is 160 Å². The molecule has 1 fully saturated rings. The van der Waals surface area contributed by atoms with Crippen molar-refractivity contribution >= 4 is 11.8 Å². The number of aliphatic hydroxyl groups is 3. The Bertz CT molecular complexity index is 1390. The van der Waals surface area contributed by atoms with Crippen LogP contribution in [-0.4, -0.2) is 107 Å². The van der Waals surface area contributed by atoms with Crippen LogP contribution in [0.3, 0.4) is 0 Å².